The van der Waals surface area contributed by atoms with E-state index in [2.05, 4.69) is 36.4 Å². The van der Waals surface area contributed by atoms with Crippen LogP contribution in [0.5, 0.6) is 0 Å². The van der Waals surface area contributed by atoms with Crippen molar-refractivity contribution in [3.8, 4) is 17.1 Å². The van der Waals surface area contributed by atoms with Crippen LogP contribution in [-0.4, -0.2) is 30.0 Å². The SMILES string of the molecule is Brc1ccc(-c2nnn(Cc3ccc(-n4cccn4)cc3)n2)cc1. The first kappa shape index (κ1) is 14.8. The number of rotatable bonds is 4. The fourth-order valence-corrected chi connectivity index (χ4v) is 2.63. The minimum Gasteiger partial charge on any atom is -0.241 e. The average molecular weight is 381 g/mol. The van der Waals surface area contributed by atoms with Crippen LogP contribution in [0.25, 0.3) is 17.1 Å². The predicted molar refractivity (Wildman–Crippen MR) is 93.6 cm³/mol. The smallest absolute Gasteiger partial charge is 0.204 e. The quantitative estimate of drug-likeness (QED) is 0.544. The second kappa shape index (κ2) is 6.37. The van der Waals surface area contributed by atoms with E-state index < -0.39 is 0 Å². The summed E-state index contributed by atoms with van der Waals surface area (Å²) >= 11 is 3.42. The van der Waals surface area contributed by atoms with Crippen LogP contribution < -0.4 is 0 Å². The molecule has 0 bridgehead atoms. The first-order valence-electron chi connectivity index (χ1n) is 7.41. The predicted octanol–water partition coefficient (Wildman–Crippen LogP) is 3.34. The van der Waals surface area contributed by atoms with Gasteiger partial charge >= 0.3 is 0 Å². The van der Waals surface area contributed by atoms with Crippen LogP contribution >= 0.6 is 15.9 Å². The van der Waals surface area contributed by atoms with Gasteiger partial charge in [0.05, 0.1) is 12.2 Å². The fraction of sp³-hybridized carbons (Fsp3) is 0.0588. The van der Waals surface area contributed by atoms with Gasteiger partial charge in [-0.05, 0) is 53.2 Å². The lowest BCUT2D eigenvalue weighted by Gasteiger charge is -2.03. The number of benzene rings is 2. The minimum atomic E-state index is 0.572. The number of aromatic nitrogens is 6. The molecule has 0 fully saturated rings. The Kier molecular flexibility index (Phi) is 3.92. The van der Waals surface area contributed by atoms with E-state index in [9.17, 15) is 0 Å². The topological polar surface area (TPSA) is 61.4 Å². The third kappa shape index (κ3) is 3.11. The molecule has 0 saturated heterocycles. The van der Waals surface area contributed by atoms with E-state index in [1.54, 1.807) is 11.0 Å². The van der Waals surface area contributed by atoms with Gasteiger partial charge in [-0.2, -0.15) is 9.90 Å². The molecule has 0 N–H and O–H groups in total. The average Bonchev–Trinajstić information content (AvgIpc) is 3.28. The van der Waals surface area contributed by atoms with E-state index in [-0.39, 0.29) is 0 Å². The summed E-state index contributed by atoms with van der Waals surface area (Å²) in [5.74, 6) is 0.621. The van der Waals surface area contributed by atoms with Gasteiger partial charge in [-0.1, -0.05) is 28.1 Å². The molecule has 118 valence electrons. The maximum absolute atomic E-state index is 4.44. The molecule has 7 heteroatoms. The number of tetrazole rings is 1. The Morgan fingerprint density at radius 3 is 2.46 bits per heavy atom. The molecule has 0 amide bonds. The van der Waals surface area contributed by atoms with Crippen LogP contribution in [0.15, 0.2) is 71.5 Å². The Hall–Kier alpha value is -2.80. The standard InChI is InChI=1S/C17H13BrN6/c18-15-6-4-14(5-7-15)17-20-22-24(21-17)12-13-2-8-16(9-3-13)23-11-1-10-19-23/h1-11H,12H2. The molecule has 6 nitrogen and oxygen atoms in total. The van der Waals surface area contributed by atoms with Gasteiger partial charge in [0, 0.05) is 22.4 Å². The van der Waals surface area contributed by atoms with Crippen molar-refractivity contribution in [2.24, 2.45) is 0 Å². The molecule has 2 aromatic heterocycles. The van der Waals surface area contributed by atoms with Crippen molar-refractivity contribution in [2.75, 3.05) is 0 Å². The van der Waals surface area contributed by atoms with Crippen molar-refractivity contribution in [3.63, 3.8) is 0 Å². The van der Waals surface area contributed by atoms with Crippen LogP contribution in [-0.2, 0) is 6.54 Å². The van der Waals surface area contributed by atoms with Gasteiger partial charge < -0.3 is 0 Å². The maximum atomic E-state index is 4.44. The van der Waals surface area contributed by atoms with Crippen LogP contribution in [0.3, 0.4) is 0 Å². The number of halogens is 1. The summed E-state index contributed by atoms with van der Waals surface area (Å²) < 4.78 is 2.85. The van der Waals surface area contributed by atoms with E-state index >= 15 is 0 Å². The van der Waals surface area contributed by atoms with Gasteiger partial charge in [0.15, 0.2) is 0 Å². The summed E-state index contributed by atoms with van der Waals surface area (Å²) in [6.07, 6.45) is 3.68. The summed E-state index contributed by atoms with van der Waals surface area (Å²) in [7, 11) is 0. The van der Waals surface area contributed by atoms with Crippen molar-refractivity contribution < 1.29 is 0 Å². The van der Waals surface area contributed by atoms with E-state index in [1.165, 1.54) is 0 Å². The molecule has 2 heterocycles. The van der Waals surface area contributed by atoms with E-state index in [1.807, 2.05) is 65.5 Å². The Bertz CT molecular complexity index is 926. The third-order valence-electron chi connectivity index (χ3n) is 3.58. The fourth-order valence-electron chi connectivity index (χ4n) is 2.36. The second-order valence-corrected chi connectivity index (χ2v) is 6.18. The highest BCUT2D eigenvalue weighted by molar-refractivity contribution is 9.10. The van der Waals surface area contributed by atoms with Crippen molar-refractivity contribution in [1.82, 2.24) is 30.0 Å². The molecule has 0 aliphatic rings. The molecule has 4 aromatic rings. The van der Waals surface area contributed by atoms with Gasteiger partial charge in [0.2, 0.25) is 5.82 Å². The molecule has 0 aliphatic carbocycles. The van der Waals surface area contributed by atoms with Gasteiger partial charge in [0.1, 0.15) is 0 Å². The summed E-state index contributed by atoms with van der Waals surface area (Å²) in [5, 5.41) is 16.9. The molecular weight excluding hydrogens is 368 g/mol. The van der Waals surface area contributed by atoms with E-state index in [0.717, 1.165) is 21.3 Å². The highest BCUT2D eigenvalue weighted by Crippen LogP contribution is 2.17. The zero-order chi connectivity index (χ0) is 16.4. The Morgan fingerprint density at radius 1 is 0.958 bits per heavy atom. The largest absolute Gasteiger partial charge is 0.241 e. The molecule has 0 radical (unpaired) electrons. The molecule has 0 spiro atoms. The molecule has 0 unspecified atom stereocenters. The molecule has 0 atom stereocenters. The highest BCUT2D eigenvalue weighted by Gasteiger charge is 2.06. The van der Waals surface area contributed by atoms with Crippen molar-refractivity contribution in [1.29, 1.82) is 0 Å². The molecule has 4 rings (SSSR count). The molecule has 0 saturated carbocycles. The Morgan fingerprint density at radius 2 is 1.75 bits per heavy atom. The lowest BCUT2D eigenvalue weighted by molar-refractivity contribution is 0.572. The summed E-state index contributed by atoms with van der Waals surface area (Å²) in [4.78, 5) is 1.60. The zero-order valence-corrected chi connectivity index (χ0v) is 14.2. The second-order valence-electron chi connectivity index (χ2n) is 5.27. The number of hydrogen-bond acceptors (Lipinski definition) is 4. The molecular formula is C17H13BrN6. The van der Waals surface area contributed by atoms with Crippen LogP contribution in [0.4, 0.5) is 0 Å². The number of nitrogens with zero attached hydrogens (tertiary/aromatic N) is 6. The van der Waals surface area contributed by atoms with Crippen molar-refractivity contribution >= 4 is 15.9 Å². The van der Waals surface area contributed by atoms with Crippen LogP contribution in [0, 0.1) is 0 Å². The zero-order valence-electron chi connectivity index (χ0n) is 12.6. The summed E-state index contributed by atoms with van der Waals surface area (Å²) in [6, 6.07) is 17.9. The minimum absolute atomic E-state index is 0.572. The van der Waals surface area contributed by atoms with Gasteiger partial charge in [-0.25, -0.2) is 4.68 Å². The van der Waals surface area contributed by atoms with E-state index in [4.69, 9.17) is 0 Å². The molecule has 2 aromatic carbocycles. The van der Waals surface area contributed by atoms with Gasteiger partial charge in [-0.15, -0.1) is 10.2 Å². The molecule has 0 aliphatic heterocycles. The monoisotopic (exact) mass is 380 g/mol. The summed E-state index contributed by atoms with van der Waals surface area (Å²) in [6.45, 7) is 0.572. The Labute approximate surface area is 146 Å². The van der Waals surface area contributed by atoms with Crippen molar-refractivity contribution in [2.45, 2.75) is 6.54 Å². The number of hydrogen-bond donors (Lipinski definition) is 0. The maximum Gasteiger partial charge on any atom is 0.204 e. The normalized spacial score (nSPS) is 10.9. The lowest BCUT2D eigenvalue weighted by Crippen LogP contribution is -2.04. The first-order chi connectivity index (χ1) is 11.8. The Balaban J connectivity index is 1.50. The van der Waals surface area contributed by atoms with E-state index in [0.29, 0.717) is 12.4 Å². The first-order valence-corrected chi connectivity index (χ1v) is 8.20. The lowest BCUT2D eigenvalue weighted by atomic mass is 10.2. The summed E-state index contributed by atoms with van der Waals surface area (Å²) in [5.41, 5.74) is 3.06. The third-order valence-corrected chi connectivity index (χ3v) is 4.11. The van der Waals surface area contributed by atoms with Crippen molar-refractivity contribution in [3.05, 3.63) is 77.0 Å². The van der Waals surface area contributed by atoms with Gasteiger partial charge in [0.25, 0.3) is 0 Å². The van der Waals surface area contributed by atoms with Gasteiger partial charge in [-0.3, -0.25) is 0 Å². The highest BCUT2D eigenvalue weighted by atomic mass is 79.9. The molecule has 24 heavy (non-hydrogen) atoms. The van der Waals surface area contributed by atoms with Crippen LogP contribution in [0.2, 0.25) is 0 Å². The van der Waals surface area contributed by atoms with Crippen LogP contribution in [0.1, 0.15) is 5.56 Å².